The van der Waals surface area contributed by atoms with Crippen LogP contribution in [0.1, 0.15) is 39.0 Å². The Kier molecular flexibility index (Phi) is 2.58. The summed E-state index contributed by atoms with van der Waals surface area (Å²) in [6, 6.07) is 0. The first-order valence-electron chi connectivity index (χ1n) is 9.75. The fourth-order valence-electron chi connectivity index (χ4n) is 8.25. The molecule has 136 valence electrons. The van der Waals surface area contributed by atoms with Gasteiger partial charge in [0.25, 0.3) is 0 Å². The lowest BCUT2D eigenvalue weighted by Gasteiger charge is -2.75. The molecule has 0 aromatic rings. The first-order chi connectivity index (χ1) is 11.9. The molecule has 2 N–H and O–H groups in total. The highest BCUT2D eigenvalue weighted by Crippen LogP contribution is 2.77. The van der Waals surface area contributed by atoms with Gasteiger partial charge in [0.2, 0.25) is 0 Å². The van der Waals surface area contributed by atoms with Crippen molar-refractivity contribution < 1.29 is 24.5 Å². The van der Waals surface area contributed by atoms with Gasteiger partial charge in [-0.1, -0.05) is 13.5 Å². The third-order valence-electron chi connectivity index (χ3n) is 9.20. The number of Topliss-reactive ketones (excluding diaryl/α,β-unsaturated/α-hetero) is 1. The molecule has 7 bridgehead atoms. The molecule has 0 aromatic heterocycles. The van der Waals surface area contributed by atoms with Crippen LogP contribution in [-0.4, -0.2) is 47.2 Å². The van der Waals surface area contributed by atoms with Crippen LogP contribution >= 0.6 is 0 Å². The molecule has 0 amide bonds. The van der Waals surface area contributed by atoms with Crippen LogP contribution in [0.25, 0.3) is 0 Å². The van der Waals surface area contributed by atoms with Gasteiger partial charge in [0, 0.05) is 5.92 Å². The van der Waals surface area contributed by atoms with Gasteiger partial charge >= 0.3 is 0 Å². The van der Waals surface area contributed by atoms with Crippen molar-refractivity contribution in [2.75, 3.05) is 6.61 Å². The van der Waals surface area contributed by atoms with Gasteiger partial charge in [0.05, 0.1) is 35.7 Å². The number of ether oxygens (including phenoxy) is 2. The maximum Gasteiger partial charge on any atom is 0.170 e. The lowest BCUT2D eigenvalue weighted by atomic mass is 9.36. The Bertz CT molecular complexity index is 700. The molecule has 0 aromatic carbocycles. The second kappa shape index (κ2) is 4.22. The van der Waals surface area contributed by atoms with Gasteiger partial charge in [0.1, 0.15) is 0 Å². The molecule has 3 heterocycles. The molecular formula is C20H26O5. The van der Waals surface area contributed by atoms with Crippen molar-refractivity contribution >= 4 is 5.78 Å². The smallest absolute Gasteiger partial charge is 0.170 e. The van der Waals surface area contributed by atoms with Crippen LogP contribution in [0.4, 0.5) is 0 Å². The van der Waals surface area contributed by atoms with Gasteiger partial charge in [-0.15, -0.1) is 0 Å². The van der Waals surface area contributed by atoms with Crippen LogP contribution < -0.4 is 0 Å². The highest BCUT2D eigenvalue weighted by molar-refractivity contribution is 6.04. The zero-order valence-corrected chi connectivity index (χ0v) is 14.6. The summed E-state index contributed by atoms with van der Waals surface area (Å²) >= 11 is 0. The van der Waals surface area contributed by atoms with E-state index in [1.54, 1.807) is 0 Å². The average Bonchev–Trinajstić information content (AvgIpc) is 2.71. The topological polar surface area (TPSA) is 76.0 Å². The summed E-state index contributed by atoms with van der Waals surface area (Å²) < 4.78 is 12.5. The predicted molar refractivity (Wildman–Crippen MR) is 87.3 cm³/mol. The fraction of sp³-hybridized carbons (Fsp3) is 0.850. The molecule has 7 rings (SSSR count). The van der Waals surface area contributed by atoms with Crippen LogP contribution in [0, 0.1) is 34.0 Å². The van der Waals surface area contributed by atoms with E-state index in [1.807, 2.05) is 0 Å². The molecule has 7 fully saturated rings. The minimum atomic E-state index is -0.910. The minimum absolute atomic E-state index is 0.00572. The van der Waals surface area contributed by atoms with E-state index in [4.69, 9.17) is 9.47 Å². The van der Waals surface area contributed by atoms with Gasteiger partial charge in [-0.3, -0.25) is 4.79 Å². The van der Waals surface area contributed by atoms with E-state index in [0.29, 0.717) is 18.1 Å². The number of aliphatic hydroxyl groups is 2. The summed E-state index contributed by atoms with van der Waals surface area (Å²) in [4.78, 5) is 13.3. The summed E-state index contributed by atoms with van der Waals surface area (Å²) in [5.74, 6) is 0.0718. The van der Waals surface area contributed by atoms with Gasteiger partial charge in [-0.2, -0.15) is 0 Å². The van der Waals surface area contributed by atoms with Crippen molar-refractivity contribution in [3.8, 4) is 0 Å². The number of fused-ring (bicyclic) bond motifs is 1. The highest BCUT2D eigenvalue weighted by Gasteiger charge is 2.83. The molecule has 7 aliphatic rings. The molecule has 10 atom stereocenters. The predicted octanol–water partition coefficient (Wildman–Crippen LogP) is 1.42. The largest absolute Gasteiger partial charge is 0.392 e. The Morgan fingerprint density at radius 1 is 1.20 bits per heavy atom. The molecule has 5 heteroatoms. The zero-order chi connectivity index (χ0) is 17.4. The number of aliphatic hydroxyl groups excluding tert-OH is 2. The van der Waals surface area contributed by atoms with Crippen LogP contribution in [0.15, 0.2) is 12.2 Å². The molecule has 3 aliphatic heterocycles. The summed E-state index contributed by atoms with van der Waals surface area (Å²) in [6.45, 7) is 6.95. The fourth-order valence-corrected chi connectivity index (χ4v) is 8.25. The Hall–Kier alpha value is -0.750. The van der Waals surface area contributed by atoms with Crippen LogP contribution in [-0.2, 0) is 14.3 Å². The van der Waals surface area contributed by atoms with Gasteiger partial charge in [-0.05, 0) is 54.9 Å². The second-order valence-corrected chi connectivity index (χ2v) is 9.73. The van der Waals surface area contributed by atoms with E-state index in [-0.39, 0.29) is 29.1 Å². The maximum absolute atomic E-state index is 13.3. The zero-order valence-electron chi connectivity index (χ0n) is 14.6. The second-order valence-electron chi connectivity index (χ2n) is 9.73. The Morgan fingerprint density at radius 2 is 2.00 bits per heavy atom. The molecule has 4 saturated carbocycles. The summed E-state index contributed by atoms with van der Waals surface area (Å²) in [5.41, 5.74) is -0.874. The van der Waals surface area contributed by atoms with E-state index < -0.39 is 29.3 Å². The van der Waals surface area contributed by atoms with Crippen LogP contribution in [0.2, 0.25) is 0 Å². The van der Waals surface area contributed by atoms with E-state index in [1.165, 1.54) is 0 Å². The van der Waals surface area contributed by atoms with Crippen molar-refractivity contribution in [1.29, 1.82) is 0 Å². The van der Waals surface area contributed by atoms with Crippen molar-refractivity contribution in [2.24, 2.45) is 34.0 Å². The van der Waals surface area contributed by atoms with Crippen molar-refractivity contribution in [1.82, 2.24) is 0 Å². The first-order valence-corrected chi connectivity index (χ1v) is 9.75. The van der Waals surface area contributed by atoms with Crippen LogP contribution in [0.3, 0.4) is 0 Å². The van der Waals surface area contributed by atoms with E-state index >= 15 is 0 Å². The maximum atomic E-state index is 13.3. The molecule has 25 heavy (non-hydrogen) atoms. The number of hydrogen-bond donors (Lipinski definition) is 2. The lowest BCUT2D eigenvalue weighted by molar-refractivity contribution is -0.440. The quantitative estimate of drug-likeness (QED) is 0.649. The number of ketones is 1. The van der Waals surface area contributed by atoms with Crippen molar-refractivity contribution in [3.05, 3.63) is 12.2 Å². The van der Waals surface area contributed by atoms with E-state index in [2.05, 4.69) is 13.5 Å². The summed E-state index contributed by atoms with van der Waals surface area (Å²) in [7, 11) is 0. The molecule has 0 radical (unpaired) electrons. The third kappa shape index (κ3) is 1.29. The lowest BCUT2D eigenvalue weighted by Crippen LogP contribution is -2.81. The third-order valence-corrected chi connectivity index (χ3v) is 9.20. The molecular weight excluding hydrogens is 320 g/mol. The molecule has 4 aliphatic carbocycles. The number of carbonyl (C=O) groups is 1. The summed E-state index contributed by atoms with van der Waals surface area (Å²) in [6.07, 6.45) is 2.01. The standard InChI is InChI=1S/C20H26O5/c1-9-10-3-4-11-19-12-7-14(20(11,15(9)22)16(10)23)25-17(19)24-8-18(12,2)6-5-13(19)21/h10-14,16-17,21,23H,1,3-8H2,2H3/t10?,11-,12+,13-,14+,16-,17+,18-,19+,20-/m0/s1. The Balaban J connectivity index is 1.61. The van der Waals surface area contributed by atoms with Gasteiger partial charge < -0.3 is 19.7 Å². The molecule has 1 unspecified atom stereocenters. The van der Waals surface area contributed by atoms with Gasteiger partial charge in [-0.25, -0.2) is 0 Å². The van der Waals surface area contributed by atoms with Crippen LogP contribution in [0.5, 0.6) is 0 Å². The Morgan fingerprint density at radius 3 is 2.80 bits per heavy atom. The summed E-state index contributed by atoms with van der Waals surface area (Å²) in [5, 5.41) is 22.4. The molecule has 3 saturated heterocycles. The van der Waals surface area contributed by atoms with E-state index in [9.17, 15) is 15.0 Å². The minimum Gasteiger partial charge on any atom is -0.392 e. The molecule has 2 spiro atoms. The Labute approximate surface area is 147 Å². The number of rotatable bonds is 0. The molecule has 5 nitrogen and oxygen atoms in total. The number of carbonyl (C=O) groups excluding carboxylic acids is 1. The average molecular weight is 346 g/mol. The number of hydrogen-bond acceptors (Lipinski definition) is 5. The first kappa shape index (κ1) is 15.3. The normalized spacial score (nSPS) is 64.4. The SMILES string of the molecule is C=C1C(=O)[C@@]23[C@@H](CCC1[C@@H]2O)[C@]12[C@@H]4OC[C@](C)(CC[C@@H]1O)[C@H]2C[C@H]3O4. The van der Waals surface area contributed by atoms with Crippen molar-refractivity contribution in [3.63, 3.8) is 0 Å². The van der Waals surface area contributed by atoms with E-state index in [0.717, 1.165) is 32.1 Å². The van der Waals surface area contributed by atoms with Gasteiger partial charge in [0.15, 0.2) is 12.1 Å². The monoisotopic (exact) mass is 346 g/mol. The highest BCUT2D eigenvalue weighted by atomic mass is 16.7. The van der Waals surface area contributed by atoms with Crippen molar-refractivity contribution in [2.45, 2.75) is 63.6 Å².